The summed E-state index contributed by atoms with van der Waals surface area (Å²) in [6.07, 6.45) is 1.38. The second kappa shape index (κ2) is 12.5. The minimum absolute atomic E-state index is 0.0473. The first-order valence-electron chi connectivity index (χ1n) is 12.6. The second-order valence-corrected chi connectivity index (χ2v) is 10.0. The molecular formula is C26H28Cl2F2N6O2. The van der Waals surface area contributed by atoms with E-state index in [0.717, 1.165) is 48.4 Å². The Morgan fingerprint density at radius 3 is 2.58 bits per heavy atom. The van der Waals surface area contributed by atoms with E-state index in [-0.39, 0.29) is 29.2 Å². The van der Waals surface area contributed by atoms with Gasteiger partial charge in [0, 0.05) is 57.2 Å². The summed E-state index contributed by atoms with van der Waals surface area (Å²) in [4.78, 5) is 13.1. The molecule has 8 nitrogen and oxygen atoms in total. The van der Waals surface area contributed by atoms with E-state index < -0.39 is 13.0 Å². The second-order valence-electron chi connectivity index (χ2n) is 9.32. The average molecular weight is 565 g/mol. The lowest BCUT2D eigenvalue weighted by atomic mass is 9.95. The first kappa shape index (κ1) is 26.9. The number of hydrogen-bond donors (Lipinski definition) is 0. The van der Waals surface area contributed by atoms with Crippen LogP contribution < -0.4 is 9.64 Å². The Bertz CT molecular complexity index is 1220. The zero-order valence-electron chi connectivity index (χ0n) is 20.6. The van der Waals surface area contributed by atoms with E-state index in [9.17, 15) is 8.78 Å². The van der Waals surface area contributed by atoms with Crippen LogP contribution in [0.25, 0.3) is 0 Å². The van der Waals surface area contributed by atoms with Crippen LogP contribution in [0.2, 0.25) is 10.4 Å². The maximum Gasteiger partial charge on any atom is 0.261 e. The van der Waals surface area contributed by atoms with Crippen LogP contribution in [0, 0.1) is 0 Å². The molecule has 38 heavy (non-hydrogen) atoms. The van der Waals surface area contributed by atoms with Gasteiger partial charge in [0.05, 0.1) is 18.3 Å². The Labute approximate surface area is 229 Å². The molecule has 4 heterocycles. The van der Waals surface area contributed by atoms with Crippen LogP contribution in [0.3, 0.4) is 0 Å². The van der Waals surface area contributed by atoms with Crippen molar-refractivity contribution in [1.29, 1.82) is 0 Å². The van der Waals surface area contributed by atoms with Crippen LogP contribution in [0.4, 0.5) is 14.6 Å². The number of halogens is 4. The van der Waals surface area contributed by atoms with Gasteiger partial charge < -0.3 is 14.4 Å². The molecule has 2 aliphatic rings. The first-order chi connectivity index (χ1) is 18.5. The molecular weight excluding hydrogens is 537 g/mol. The maximum absolute atomic E-state index is 12.9. The fraction of sp³-hybridized carbons (Fsp3) is 0.462. The molecule has 3 aromatic rings. The largest absolute Gasteiger partial charge is 0.490 e. The molecule has 1 fully saturated rings. The van der Waals surface area contributed by atoms with Crippen molar-refractivity contribution in [1.82, 2.24) is 25.1 Å². The summed E-state index contributed by atoms with van der Waals surface area (Å²) in [5.74, 6) is 1.24. The lowest BCUT2D eigenvalue weighted by Gasteiger charge is -2.39. The summed E-state index contributed by atoms with van der Waals surface area (Å²) >= 11 is 12.1. The zero-order valence-corrected chi connectivity index (χ0v) is 22.2. The highest BCUT2D eigenvalue weighted by molar-refractivity contribution is 6.32. The van der Waals surface area contributed by atoms with Crippen molar-refractivity contribution in [2.75, 3.05) is 37.7 Å². The van der Waals surface area contributed by atoms with Crippen molar-refractivity contribution in [3.8, 4) is 5.75 Å². The highest BCUT2D eigenvalue weighted by atomic mass is 35.5. The van der Waals surface area contributed by atoms with Gasteiger partial charge in [0.15, 0.2) is 11.0 Å². The van der Waals surface area contributed by atoms with Gasteiger partial charge in [-0.1, -0.05) is 41.9 Å². The van der Waals surface area contributed by atoms with E-state index in [2.05, 4.69) is 37.2 Å². The molecule has 0 amide bonds. The summed E-state index contributed by atoms with van der Waals surface area (Å²) in [7, 11) is 0. The fourth-order valence-corrected chi connectivity index (χ4v) is 5.38. The molecule has 1 unspecified atom stereocenters. The van der Waals surface area contributed by atoms with Crippen molar-refractivity contribution in [3.63, 3.8) is 0 Å². The van der Waals surface area contributed by atoms with Gasteiger partial charge in [-0.3, -0.25) is 9.88 Å². The van der Waals surface area contributed by atoms with Crippen molar-refractivity contribution in [2.45, 2.75) is 44.4 Å². The molecule has 0 aliphatic carbocycles. The third-order valence-electron chi connectivity index (χ3n) is 6.83. The Hall–Kier alpha value is -2.66. The van der Waals surface area contributed by atoms with Gasteiger partial charge in [0.1, 0.15) is 18.5 Å². The molecule has 5 rings (SSSR count). The SMILES string of the molecule is FC(F)COCC1c2c(OC3CCN(c4nc(Cl)nnc4Cl)CC3)ccnc2CCN1Cc1ccccc1. The van der Waals surface area contributed by atoms with Crippen LogP contribution in [0.1, 0.15) is 35.7 Å². The van der Waals surface area contributed by atoms with Crippen LogP contribution in [-0.4, -0.2) is 70.4 Å². The number of anilines is 1. The van der Waals surface area contributed by atoms with Crippen molar-refractivity contribution >= 4 is 29.0 Å². The Morgan fingerprint density at radius 2 is 1.82 bits per heavy atom. The number of hydrogen-bond acceptors (Lipinski definition) is 8. The van der Waals surface area contributed by atoms with Gasteiger partial charge in [-0.2, -0.15) is 4.98 Å². The summed E-state index contributed by atoms with van der Waals surface area (Å²) in [6.45, 7) is 2.26. The molecule has 1 saturated heterocycles. The smallest absolute Gasteiger partial charge is 0.261 e. The lowest BCUT2D eigenvalue weighted by molar-refractivity contribution is -0.0133. The van der Waals surface area contributed by atoms with Gasteiger partial charge >= 0.3 is 0 Å². The predicted molar refractivity (Wildman–Crippen MR) is 140 cm³/mol. The number of fused-ring (bicyclic) bond motifs is 1. The monoisotopic (exact) mass is 564 g/mol. The van der Waals surface area contributed by atoms with E-state index in [0.29, 0.717) is 25.5 Å². The van der Waals surface area contributed by atoms with Crippen molar-refractivity contribution < 1.29 is 18.3 Å². The van der Waals surface area contributed by atoms with E-state index in [1.54, 1.807) is 6.20 Å². The normalized spacial score (nSPS) is 18.6. The molecule has 0 radical (unpaired) electrons. The Morgan fingerprint density at radius 1 is 1.03 bits per heavy atom. The average Bonchev–Trinajstić information content (AvgIpc) is 2.92. The van der Waals surface area contributed by atoms with Crippen LogP contribution in [0.5, 0.6) is 5.75 Å². The van der Waals surface area contributed by atoms with Crippen LogP contribution >= 0.6 is 23.2 Å². The predicted octanol–water partition coefficient (Wildman–Crippen LogP) is 5.00. The minimum Gasteiger partial charge on any atom is -0.490 e. The number of benzene rings is 1. The highest BCUT2D eigenvalue weighted by Gasteiger charge is 2.33. The number of rotatable bonds is 9. The van der Waals surface area contributed by atoms with E-state index in [1.807, 2.05) is 29.2 Å². The first-order valence-corrected chi connectivity index (χ1v) is 13.3. The summed E-state index contributed by atoms with van der Waals surface area (Å²) in [5.41, 5.74) is 2.98. The van der Waals surface area contributed by atoms with Crippen molar-refractivity contribution in [3.05, 3.63) is 69.9 Å². The van der Waals surface area contributed by atoms with E-state index >= 15 is 0 Å². The molecule has 1 atom stereocenters. The molecule has 0 spiro atoms. The van der Waals surface area contributed by atoms with E-state index in [1.165, 1.54) is 0 Å². The summed E-state index contributed by atoms with van der Waals surface area (Å²) in [6, 6.07) is 11.7. The molecule has 2 aliphatic heterocycles. The maximum atomic E-state index is 12.9. The summed E-state index contributed by atoms with van der Waals surface area (Å²) < 4.78 is 37.8. The molecule has 0 bridgehead atoms. The highest BCUT2D eigenvalue weighted by Crippen LogP contribution is 2.38. The number of ether oxygens (including phenoxy) is 2. The molecule has 12 heteroatoms. The van der Waals surface area contributed by atoms with Gasteiger partial charge in [-0.05, 0) is 23.2 Å². The fourth-order valence-electron chi connectivity index (χ4n) is 5.06. The third-order valence-corrected chi connectivity index (χ3v) is 7.23. The Balaban J connectivity index is 1.33. The van der Waals surface area contributed by atoms with Crippen molar-refractivity contribution in [2.24, 2.45) is 0 Å². The molecule has 0 N–H and O–H groups in total. The zero-order chi connectivity index (χ0) is 26.5. The van der Waals surface area contributed by atoms with Crippen LogP contribution in [0.15, 0.2) is 42.6 Å². The lowest BCUT2D eigenvalue weighted by Crippen LogP contribution is -2.40. The third kappa shape index (κ3) is 6.48. The number of piperidine rings is 1. The van der Waals surface area contributed by atoms with Gasteiger partial charge in [-0.15, -0.1) is 10.2 Å². The van der Waals surface area contributed by atoms with E-state index in [4.69, 9.17) is 32.7 Å². The molecule has 2 aromatic heterocycles. The number of alkyl halides is 2. The molecule has 0 saturated carbocycles. The quantitative estimate of drug-likeness (QED) is 0.359. The molecule has 202 valence electrons. The van der Waals surface area contributed by atoms with Gasteiger partial charge in [0.25, 0.3) is 6.43 Å². The van der Waals surface area contributed by atoms with Gasteiger partial charge in [0.2, 0.25) is 5.28 Å². The number of pyridine rings is 1. The number of aromatic nitrogens is 4. The standard InChI is InChI=1S/C26H28Cl2F2N6O2/c27-24-25(32-26(28)34-33-24)35-11-7-18(8-12-35)38-21-6-10-31-19-9-13-36(14-17-4-2-1-3-5-17)20(23(19)21)15-37-16-22(29)30/h1-6,10,18,20,22H,7-9,11-16H2. The Kier molecular flexibility index (Phi) is 8.83. The van der Waals surface area contributed by atoms with Crippen LogP contribution in [-0.2, 0) is 17.7 Å². The minimum atomic E-state index is -2.52. The number of nitrogens with zero attached hydrogens (tertiary/aromatic N) is 6. The van der Waals surface area contributed by atoms with Gasteiger partial charge in [-0.25, -0.2) is 8.78 Å². The summed E-state index contributed by atoms with van der Waals surface area (Å²) in [5, 5.41) is 7.78. The molecule has 1 aromatic carbocycles. The topological polar surface area (TPSA) is 76.5 Å².